The summed E-state index contributed by atoms with van der Waals surface area (Å²) in [7, 11) is -1.01. The summed E-state index contributed by atoms with van der Waals surface area (Å²) in [5.74, 6) is 0. The Labute approximate surface area is 71.4 Å². The zero-order chi connectivity index (χ0) is 7.84. The van der Waals surface area contributed by atoms with Crippen LogP contribution in [-0.4, -0.2) is 9.19 Å². The molecule has 0 N–H and O–H groups in total. The Morgan fingerprint density at radius 2 is 2.36 bits per heavy atom. The summed E-state index contributed by atoms with van der Waals surface area (Å²) in [4.78, 5) is 4.62. The number of hydrogen-bond donors (Lipinski definition) is 0. The zero-order valence-corrected chi connectivity index (χ0v) is 7.02. The lowest BCUT2D eigenvalue weighted by Gasteiger charge is -1.95. The van der Waals surface area contributed by atoms with Crippen molar-refractivity contribution in [2.45, 2.75) is 4.90 Å². The predicted octanol–water partition coefficient (Wildman–Crippen LogP) is 1.83. The van der Waals surface area contributed by atoms with Crippen molar-refractivity contribution < 1.29 is 4.21 Å². The van der Waals surface area contributed by atoms with Crippen LogP contribution in [0.5, 0.6) is 0 Å². The van der Waals surface area contributed by atoms with Crippen LogP contribution in [0.25, 0.3) is 6.08 Å². The second-order valence-corrected chi connectivity index (χ2v) is 3.84. The van der Waals surface area contributed by atoms with E-state index >= 15 is 0 Å². The third-order valence-electron chi connectivity index (χ3n) is 1.45. The molecular formula is C7H4ClNOS. The van der Waals surface area contributed by atoms with Gasteiger partial charge < -0.3 is 0 Å². The number of fused-ring (bicyclic) bond motifs is 1. The van der Waals surface area contributed by atoms with Gasteiger partial charge in [-0.3, -0.25) is 0 Å². The van der Waals surface area contributed by atoms with Gasteiger partial charge in [0.25, 0.3) is 0 Å². The van der Waals surface area contributed by atoms with Gasteiger partial charge in [0.15, 0.2) is 0 Å². The van der Waals surface area contributed by atoms with Crippen molar-refractivity contribution in [3.63, 3.8) is 0 Å². The summed E-state index contributed by atoms with van der Waals surface area (Å²) in [5, 5.41) is 2.02. The van der Waals surface area contributed by atoms with Crippen molar-refractivity contribution in [2.75, 3.05) is 0 Å². The van der Waals surface area contributed by atoms with Gasteiger partial charge in [0.2, 0.25) is 0 Å². The maximum Gasteiger partial charge on any atom is 0.130 e. The fraction of sp³-hybridized carbons (Fsp3) is 0. The fourth-order valence-electron chi connectivity index (χ4n) is 0.931. The molecule has 2 heterocycles. The van der Waals surface area contributed by atoms with E-state index in [1.54, 1.807) is 23.7 Å². The molecule has 1 atom stereocenters. The molecule has 2 nitrogen and oxygen atoms in total. The summed E-state index contributed by atoms with van der Waals surface area (Å²) in [5.41, 5.74) is 0.896. The molecular weight excluding hydrogens is 182 g/mol. The van der Waals surface area contributed by atoms with Gasteiger partial charge in [-0.05, 0) is 12.1 Å². The summed E-state index contributed by atoms with van der Waals surface area (Å²) in [6, 6.07) is 1.63. The molecule has 0 aromatic carbocycles. The molecule has 0 radical (unpaired) electrons. The normalized spacial score (nSPS) is 20.3. The first-order chi connectivity index (χ1) is 5.27. The smallest absolute Gasteiger partial charge is 0.130 e. The Morgan fingerprint density at radius 3 is 3.18 bits per heavy atom. The highest BCUT2D eigenvalue weighted by Crippen LogP contribution is 2.24. The number of nitrogens with zero attached hydrogens (tertiary/aromatic N) is 1. The lowest BCUT2D eigenvalue weighted by molar-refractivity contribution is 0.689. The van der Waals surface area contributed by atoms with Gasteiger partial charge in [-0.1, -0.05) is 11.6 Å². The number of aromatic nitrogens is 1. The summed E-state index contributed by atoms with van der Waals surface area (Å²) in [6.45, 7) is 0. The SMILES string of the molecule is O=S1C=Cc2cnc(Cl)cc21. The van der Waals surface area contributed by atoms with Crippen LogP contribution in [0.3, 0.4) is 0 Å². The third kappa shape index (κ3) is 1.10. The maximum absolute atomic E-state index is 11.2. The molecule has 1 aromatic heterocycles. The molecule has 1 unspecified atom stereocenters. The van der Waals surface area contributed by atoms with Crippen molar-refractivity contribution in [3.05, 3.63) is 28.4 Å². The number of hydrogen-bond acceptors (Lipinski definition) is 2. The van der Waals surface area contributed by atoms with Crippen molar-refractivity contribution in [1.82, 2.24) is 4.98 Å². The first-order valence-corrected chi connectivity index (χ1v) is 4.61. The van der Waals surface area contributed by atoms with E-state index in [4.69, 9.17) is 11.6 Å². The lowest BCUT2D eigenvalue weighted by Crippen LogP contribution is -1.85. The maximum atomic E-state index is 11.2. The van der Waals surface area contributed by atoms with Crippen LogP contribution >= 0.6 is 11.6 Å². The van der Waals surface area contributed by atoms with Crippen molar-refractivity contribution in [2.24, 2.45) is 0 Å². The minimum atomic E-state index is -1.01. The van der Waals surface area contributed by atoms with Gasteiger partial charge in [-0.2, -0.15) is 0 Å². The molecule has 0 amide bonds. The first-order valence-electron chi connectivity index (χ1n) is 3.02. The molecule has 2 rings (SSSR count). The number of rotatable bonds is 0. The van der Waals surface area contributed by atoms with E-state index < -0.39 is 10.8 Å². The first kappa shape index (κ1) is 7.00. The fourth-order valence-corrected chi connectivity index (χ4v) is 2.15. The van der Waals surface area contributed by atoms with Crippen molar-refractivity contribution >= 4 is 28.5 Å². The van der Waals surface area contributed by atoms with Crippen LogP contribution in [0.4, 0.5) is 0 Å². The second kappa shape index (κ2) is 2.43. The van der Waals surface area contributed by atoms with Crippen LogP contribution in [0.2, 0.25) is 5.15 Å². The van der Waals surface area contributed by atoms with Gasteiger partial charge in [-0.15, -0.1) is 0 Å². The molecule has 0 bridgehead atoms. The standard InChI is InChI=1S/C7H4ClNOS/c8-7-3-6-5(4-9-7)1-2-11(6)10/h1-4H. The molecule has 4 heteroatoms. The number of pyridine rings is 1. The number of halogens is 1. The van der Waals surface area contributed by atoms with Gasteiger partial charge in [0.1, 0.15) is 5.15 Å². The molecule has 0 fully saturated rings. The highest BCUT2D eigenvalue weighted by atomic mass is 35.5. The molecule has 1 aromatic rings. The molecule has 0 saturated heterocycles. The lowest BCUT2D eigenvalue weighted by atomic mass is 10.3. The van der Waals surface area contributed by atoms with Crippen LogP contribution < -0.4 is 0 Å². The minimum absolute atomic E-state index is 0.390. The predicted molar refractivity (Wildman–Crippen MR) is 44.7 cm³/mol. The van der Waals surface area contributed by atoms with Crippen LogP contribution in [-0.2, 0) is 10.8 Å². The van der Waals surface area contributed by atoms with Crippen LogP contribution in [0.1, 0.15) is 5.56 Å². The Balaban J connectivity index is 2.67. The van der Waals surface area contributed by atoms with E-state index in [1.165, 1.54) is 0 Å². The van der Waals surface area contributed by atoms with E-state index in [0.717, 1.165) is 10.5 Å². The Morgan fingerprint density at radius 1 is 1.55 bits per heavy atom. The zero-order valence-electron chi connectivity index (χ0n) is 5.45. The Hall–Kier alpha value is -0.670. The molecule has 11 heavy (non-hydrogen) atoms. The molecule has 1 aliphatic rings. The monoisotopic (exact) mass is 185 g/mol. The summed E-state index contributed by atoms with van der Waals surface area (Å²) < 4.78 is 11.2. The van der Waals surface area contributed by atoms with E-state index in [1.807, 2.05) is 0 Å². The van der Waals surface area contributed by atoms with Crippen molar-refractivity contribution in [3.8, 4) is 0 Å². The Kier molecular flexibility index (Phi) is 1.55. The largest absolute Gasteiger partial charge is 0.250 e. The average molecular weight is 186 g/mol. The molecule has 56 valence electrons. The van der Waals surface area contributed by atoms with E-state index in [2.05, 4.69) is 4.98 Å². The molecule has 0 aliphatic carbocycles. The van der Waals surface area contributed by atoms with Gasteiger partial charge in [-0.25, -0.2) is 9.19 Å². The van der Waals surface area contributed by atoms with E-state index in [-0.39, 0.29) is 0 Å². The van der Waals surface area contributed by atoms with E-state index in [9.17, 15) is 4.21 Å². The van der Waals surface area contributed by atoms with Gasteiger partial charge in [0, 0.05) is 17.2 Å². The highest BCUT2D eigenvalue weighted by Gasteiger charge is 2.12. The molecule has 1 aliphatic heterocycles. The van der Waals surface area contributed by atoms with Gasteiger partial charge in [0.05, 0.1) is 15.7 Å². The molecule has 0 spiro atoms. The van der Waals surface area contributed by atoms with Crippen LogP contribution in [0.15, 0.2) is 22.6 Å². The molecule has 0 saturated carbocycles. The average Bonchev–Trinajstić information content (AvgIpc) is 2.33. The van der Waals surface area contributed by atoms with Crippen LogP contribution in [0, 0.1) is 0 Å². The minimum Gasteiger partial charge on any atom is -0.250 e. The van der Waals surface area contributed by atoms with Crippen molar-refractivity contribution in [1.29, 1.82) is 0 Å². The highest BCUT2D eigenvalue weighted by molar-refractivity contribution is 7.88. The summed E-state index contributed by atoms with van der Waals surface area (Å²) in [6.07, 6.45) is 3.41. The summed E-state index contributed by atoms with van der Waals surface area (Å²) >= 11 is 5.62. The Bertz CT molecular complexity index is 361. The quantitative estimate of drug-likeness (QED) is 0.578. The van der Waals surface area contributed by atoms with Gasteiger partial charge >= 0.3 is 0 Å². The third-order valence-corrected chi connectivity index (χ3v) is 2.83. The van der Waals surface area contributed by atoms with E-state index in [0.29, 0.717) is 5.15 Å². The second-order valence-electron chi connectivity index (χ2n) is 2.15. The topological polar surface area (TPSA) is 30.0 Å².